The molecule has 6 heteroatoms. The van der Waals surface area contributed by atoms with E-state index in [1.54, 1.807) is 36.4 Å². The van der Waals surface area contributed by atoms with Crippen molar-refractivity contribution < 1.29 is 18.7 Å². The lowest BCUT2D eigenvalue weighted by molar-refractivity contribution is 0.0602. The van der Waals surface area contributed by atoms with Gasteiger partial charge in [-0.05, 0) is 36.4 Å². The predicted octanol–water partition coefficient (Wildman–Crippen LogP) is 4.61. The average molecular weight is 364 g/mol. The van der Waals surface area contributed by atoms with Gasteiger partial charge in [0.2, 0.25) is 0 Å². The Morgan fingerprint density at radius 1 is 0.852 bits per heavy atom. The van der Waals surface area contributed by atoms with Crippen LogP contribution in [0.2, 0.25) is 0 Å². The van der Waals surface area contributed by atoms with Crippen molar-refractivity contribution in [3.63, 3.8) is 0 Å². The molecule has 136 valence electrons. The second-order valence-electron chi connectivity index (χ2n) is 5.64. The Morgan fingerprint density at radius 2 is 1.52 bits per heavy atom. The second kappa shape index (κ2) is 8.14. The van der Waals surface area contributed by atoms with Gasteiger partial charge in [0.1, 0.15) is 5.82 Å². The Bertz CT molecular complexity index is 974. The molecule has 3 aromatic carbocycles. The summed E-state index contributed by atoms with van der Waals surface area (Å²) in [7, 11) is 1.25. The van der Waals surface area contributed by atoms with E-state index >= 15 is 0 Å². The van der Waals surface area contributed by atoms with Gasteiger partial charge in [0.05, 0.1) is 29.6 Å². The molecule has 0 unspecified atom stereocenters. The van der Waals surface area contributed by atoms with Crippen LogP contribution in [0.1, 0.15) is 20.7 Å². The van der Waals surface area contributed by atoms with Crippen LogP contribution >= 0.6 is 0 Å². The zero-order chi connectivity index (χ0) is 19.2. The van der Waals surface area contributed by atoms with E-state index < -0.39 is 17.7 Å². The van der Waals surface area contributed by atoms with Gasteiger partial charge < -0.3 is 15.4 Å². The first-order chi connectivity index (χ1) is 13.1. The quantitative estimate of drug-likeness (QED) is 0.649. The number of benzene rings is 3. The number of hydrogen-bond acceptors (Lipinski definition) is 4. The van der Waals surface area contributed by atoms with E-state index in [9.17, 15) is 14.0 Å². The number of carbonyl (C=O) groups excluding carboxylic acids is 2. The molecular formula is C21H17FN2O3. The molecule has 0 saturated carbocycles. The van der Waals surface area contributed by atoms with Gasteiger partial charge >= 0.3 is 5.97 Å². The lowest BCUT2D eigenvalue weighted by atomic mass is 10.1. The third kappa shape index (κ3) is 4.12. The van der Waals surface area contributed by atoms with Gasteiger partial charge in [-0.1, -0.05) is 36.4 Å². The van der Waals surface area contributed by atoms with Crippen molar-refractivity contribution >= 4 is 28.9 Å². The van der Waals surface area contributed by atoms with E-state index in [1.165, 1.54) is 25.3 Å². The van der Waals surface area contributed by atoms with E-state index in [4.69, 9.17) is 4.74 Å². The first kappa shape index (κ1) is 18.1. The summed E-state index contributed by atoms with van der Waals surface area (Å²) in [6.07, 6.45) is 0. The number of nitrogens with one attached hydrogen (secondary N) is 2. The Kier molecular flexibility index (Phi) is 5.47. The normalized spacial score (nSPS) is 10.1. The van der Waals surface area contributed by atoms with Crippen LogP contribution in [0.5, 0.6) is 0 Å². The smallest absolute Gasteiger partial charge is 0.339 e. The number of hydrogen-bond donors (Lipinski definition) is 2. The molecule has 0 atom stereocenters. The number of para-hydroxylation sites is 2. The molecule has 0 spiro atoms. The highest BCUT2D eigenvalue weighted by molar-refractivity contribution is 6.11. The first-order valence-corrected chi connectivity index (χ1v) is 8.19. The largest absolute Gasteiger partial charge is 0.465 e. The SMILES string of the molecule is COC(=O)c1ccccc1NC(=O)c1c(F)cccc1Nc1ccccc1. The van der Waals surface area contributed by atoms with E-state index in [0.29, 0.717) is 11.4 Å². The summed E-state index contributed by atoms with van der Waals surface area (Å²) in [5.41, 5.74) is 1.30. The Hall–Kier alpha value is -3.67. The van der Waals surface area contributed by atoms with Crippen LogP contribution < -0.4 is 10.6 Å². The molecule has 0 aliphatic carbocycles. The predicted molar refractivity (Wildman–Crippen MR) is 102 cm³/mol. The van der Waals surface area contributed by atoms with E-state index in [2.05, 4.69) is 10.6 Å². The van der Waals surface area contributed by atoms with Gasteiger partial charge in [-0.25, -0.2) is 9.18 Å². The van der Waals surface area contributed by atoms with Gasteiger partial charge in [-0.2, -0.15) is 0 Å². The zero-order valence-electron chi connectivity index (χ0n) is 14.5. The first-order valence-electron chi connectivity index (χ1n) is 8.19. The van der Waals surface area contributed by atoms with Crippen LogP contribution in [-0.4, -0.2) is 19.0 Å². The number of esters is 1. The lowest BCUT2D eigenvalue weighted by Gasteiger charge is -2.14. The summed E-state index contributed by atoms with van der Waals surface area (Å²) >= 11 is 0. The van der Waals surface area contributed by atoms with Crippen LogP contribution in [0, 0.1) is 5.82 Å². The minimum Gasteiger partial charge on any atom is -0.465 e. The molecule has 0 aliphatic heterocycles. The van der Waals surface area contributed by atoms with E-state index in [0.717, 1.165) is 0 Å². The second-order valence-corrected chi connectivity index (χ2v) is 5.64. The van der Waals surface area contributed by atoms with Gasteiger partial charge in [0.15, 0.2) is 0 Å². The molecule has 3 rings (SSSR count). The molecule has 2 N–H and O–H groups in total. The number of amides is 1. The Morgan fingerprint density at radius 3 is 2.26 bits per heavy atom. The summed E-state index contributed by atoms with van der Waals surface area (Å²) in [6.45, 7) is 0. The molecule has 0 radical (unpaired) electrons. The molecule has 27 heavy (non-hydrogen) atoms. The van der Waals surface area contributed by atoms with Crippen molar-refractivity contribution in [2.75, 3.05) is 17.7 Å². The summed E-state index contributed by atoms with van der Waals surface area (Å²) in [5, 5.41) is 5.63. The fourth-order valence-electron chi connectivity index (χ4n) is 2.60. The standard InChI is InChI=1S/C21H17FN2O3/c1-27-21(26)15-10-5-6-12-17(15)24-20(25)19-16(22)11-7-13-18(19)23-14-8-3-2-4-9-14/h2-13,23H,1H3,(H,24,25). The highest BCUT2D eigenvalue weighted by Gasteiger charge is 2.20. The molecule has 0 aliphatic rings. The molecule has 0 fully saturated rings. The third-order valence-electron chi connectivity index (χ3n) is 3.87. The highest BCUT2D eigenvalue weighted by Crippen LogP contribution is 2.25. The molecule has 0 bridgehead atoms. The van der Waals surface area contributed by atoms with Crippen LogP contribution in [-0.2, 0) is 4.74 Å². The molecule has 3 aromatic rings. The fourth-order valence-corrected chi connectivity index (χ4v) is 2.60. The number of methoxy groups -OCH3 is 1. The van der Waals surface area contributed by atoms with Crippen molar-refractivity contribution in [2.45, 2.75) is 0 Å². The molecule has 0 aromatic heterocycles. The van der Waals surface area contributed by atoms with Crippen LogP contribution in [0.15, 0.2) is 72.8 Å². The van der Waals surface area contributed by atoms with Gasteiger partial charge in [0, 0.05) is 5.69 Å². The zero-order valence-corrected chi connectivity index (χ0v) is 14.5. The number of halogens is 1. The number of ether oxygens (including phenoxy) is 1. The molecule has 5 nitrogen and oxygen atoms in total. The molecule has 0 heterocycles. The minimum absolute atomic E-state index is 0.152. The van der Waals surface area contributed by atoms with Crippen LogP contribution in [0.25, 0.3) is 0 Å². The summed E-state index contributed by atoms with van der Waals surface area (Å²) in [4.78, 5) is 24.6. The maximum Gasteiger partial charge on any atom is 0.339 e. The van der Waals surface area contributed by atoms with Crippen LogP contribution in [0.4, 0.5) is 21.5 Å². The maximum absolute atomic E-state index is 14.4. The molecular weight excluding hydrogens is 347 g/mol. The maximum atomic E-state index is 14.4. The van der Waals surface area contributed by atoms with Crippen molar-refractivity contribution in [3.05, 3.63) is 89.7 Å². The van der Waals surface area contributed by atoms with Gasteiger partial charge in [0.25, 0.3) is 5.91 Å². The molecule has 0 saturated heterocycles. The third-order valence-corrected chi connectivity index (χ3v) is 3.87. The fraction of sp³-hybridized carbons (Fsp3) is 0.0476. The highest BCUT2D eigenvalue weighted by atomic mass is 19.1. The Balaban J connectivity index is 1.93. The van der Waals surface area contributed by atoms with Crippen molar-refractivity contribution in [1.29, 1.82) is 0 Å². The van der Waals surface area contributed by atoms with Crippen molar-refractivity contribution in [2.24, 2.45) is 0 Å². The minimum atomic E-state index is -0.678. The van der Waals surface area contributed by atoms with Gasteiger partial charge in [-0.15, -0.1) is 0 Å². The van der Waals surface area contributed by atoms with Crippen LogP contribution in [0.3, 0.4) is 0 Å². The average Bonchev–Trinajstić information content (AvgIpc) is 2.68. The topological polar surface area (TPSA) is 67.4 Å². The van der Waals surface area contributed by atoms with Crippen molar-refractivity contribution in [1.82, 2.24) is 0 Å². The number of rotatable bonds is 5. The molecule has 1 amide bonds. The summed E-state index contributed by atoms with van der Waals surface area (Å²) in [6, 6.07) is 19.8. The summed E-state index contributed by atoms with van der Waals surface area (Å²) in [5.74, 6) is -1.95. The monoisotopic (exact) mass is 364 g/mol. The number of carbonyl (C=O) groups is 2. The van der Waals surface area contributed by atoms with E-state index in [-0.39, 0.29) is 16.8 Å². The number of anilines is 3. The lowest BCUT2D eigenvalue weighted by Crippen LogP contribution is -2.18. The Labute approximate surface area is 155 Å². The summed E-state index contributed by atoms with van der Waals surface area (Å²) < 4.78 is 19.2. The van der Waals surface area contributed by atoms with Crippen molar-refractivity contribution in [3.8, 4) is 0 Å². The van der Waals surface area contributed by atoms with E-state index in [1.807, 2.05) is 18.2 Å². The van der Waals surface area contributed by atoms with Gasteiger partial charge in [-0.3, -0.25) is 4.79 Å².